The van der Waals surface area contributed by atoms with Crippen LogP contribution in [0.5, 0.6) is 5.75 Å². The van der Waals surface area contributed by atoms with Gasteiger partial charge in [-0.05, 0) is 50.7 Å². The Bertz CT molecular complexity index is 1340. The van der Waals surface area contributed by atoms with Gasteiger partial charge < -0.3 is 25.0 Å². The first-order valence-corrected chi connectivity index (χ1v) is 15.2. The van der Waals surface area contributed by atoms with E-state index in [1.807, 2.05) is 68.1 Å². The maximum absolute atomic E-state index is 13.9. The van der Waals surface area contributed by atoms with Crippen molar-refractivity contribution in [2.45, 2.75) is 90.8 Å². The molecule has 3 amide bonds. The molecule has 0 aliphatic carbocycles. The molecule has 2 aromatic carbocycles. The van der Waals surface area contributed by atoms with Crippen LogP contribution in [0.4, 0.5) is 4.79 Å². The third-order valence-electron chi connectivity index (χ3n) is 8.01. The summed E-state index contributed by atoms with van der Waals surface area (Å²) in [6.45, 7) is 15.1. The molecule has 8 heteroatoms. The molecule has 2 N–H and O–H groups in total. The number of para-hydroxylation sites is 1. The van der Waals surface area contributed by atoms with Crippen molar-refractivity contribution in [2.75, 3.05) is 19.7 Å². The highest BCUT2D eigenvalue weighted by atomic mass is 16.6. The molecule has 43 heavy (non-hydrogen) atoms. The van der Waals surface area contributed by atoms with Gasteiger partial charge in [-0.15, -0.1) is 0 Å². The van der Waals surface area contributed by atoms with Crippen LogP contribution >= 0.6 is 0 Å². The van der Waals surface area contributed by atoms with E-state index in [9.17, 15) is 14.4 Å². The molecule has 3 atom stereocenters. The van der Waals surface area contributed by atoms with Crippen molar-refractivity contribution in [3.63, 3.8) is 0 Å². The SMILES string of the molecule is CC(C)(C)OC(=O)NC(Cc1ccccc1)C(=O)NC(C(=O)N1CC=C(C[C@@]2(C)COc3ccccc32)CC1)C(C)(C)C. The Hall–Kier alpha value is -3.81. The van der Waals surface area contributed by atoms with E-state index < -0.39 is 35.1 Å². The van der Waals surface area contributed by atoms with E-state index in [0.29, 0.717) is 19.7 Å². The number of fused-ring (bicyclic) bond motifs is 1. The van der Waals surface area contributed by atoms with Gasteiger partial charge in [-0.2, -0.15) is 0 Å². The number of hydrogen-bond donors (Lipinski definition) is 2. The van der Waals surface area contributed by atoms with Crippen molar-refractivity contribution >= 4 is 17.9 Å². The lowest BCUT2D eigenvalue weighted by Gasteiger charge is -2.37. The van der Waals surface area contributed by atoms with E-state index >= 15 is 0 Å². The van der Waals surface area contributed by atoms with Gasteiger partial charge >= 0.3 is 6.09 Å². The van der Waals surface area contributed by atoms with Crippen molar-refractivity contribution in [3.8, 4) is 5.75 Å². The topological polar surface area (TPSA) is 97.0 Å². The second-order valence-corrected chi connectivity index (χ2v) is 14.1. The maximum Gasteiger partial charge on any atom is 0.408 e. The summed E-state index contributed by atoms with van der Waals surface area (Å²) in [5, 5.41) is 5.72. The summed E-state index contributed by atoms with van der Waals surface area (Å²) in [6, 6.07) is 16.0. The Morgan fingerprint density at radius 2 is 1.65 bits per heavy atom. The molecule has 0 fully saturated rings. The first kappa shape index (κ1) is 32.1. The first-order chi connectivity index (χ1) is 20.1. The summed E-state index contributed by atoms with van der Waals surface area (Å²) in [5.74, 6) is 0.394. The van der Waals surface area contributed by atoms with Crippen molar-refractivity contribution in [2.24, 2.45) is 5.41 Å². The first-order valence-electron chi connectivity index (χ1n) is 15.2. The van der Waals surface area contributed by atoms with Crippen LogP contribution in [0.1, 0.15) is 72.4 Å². The predicted molar refractivity (Wildman–Crippen MR) is 168 cm³/mol. The minimum Gasteiger partial charge on any atom is -0.492 e. The van der Waals surface area contributed by atoms with E-state index in [-0.39, 0.29) is 17.7 Å². The fourth-order valence-corrected chi connectivity index (χ4v) is 5.71. The van der Waals surface area contributed by atoms with E-state index in [2.05, 4.69) is 35.8 Å². The van der Waals surface area contributed by atoms with Gasteiger partial charge in [-0.25, -0.2) is 4.79 Å². The normalized spacial score (nSPS) is 19.8. The Morgan fingerprint density at radius 1 is 0.977 bits per heavy atom. The third-order valence-corrected chi connectivity index (χ3v) is 8.01. The molecule has 4 rings (SSSR count). The zero-order valence-electron chi connectivity index (χ0n) is 26.7. The van der Waals surface area contributed by atoms with Crippen molar-refractivity contribution in [1.29, 1.82) is 0 Å². The molecule has 2 aliphatic rings. The van der Waals surface area contributed by atoms with Crippen molar-refractivity contribution < 1.29 is 23.9 Å². The highest BCUT2D eigenvalue weighted by molar-refractivity contribution is 5.92. The van der Waals surface area contributed by atoms with Crippen molar-refractivity contribution in [1.82, 2.24) is 15.5 Å². The fraction of sp³-hybridized carbons (Fsp3) is 0.514. The number of nitrogens with one attached hydrogen (secondary N) is 2. The standard InChI is InChI=1S/C35H47N3O5/c1-33(2,3)29(37-30(39)27(21-24-13-9-8-10-14-24)36-32(41)43-34(4,5)6)31(40)38-19-17-25(18-20-38)22-35(7)23-42-28-16-12-11-15-26(28)35/h8-17,27,29H,18-23H2,1-7H3,(H,36,41)(H,37,39)/t27?,29?,35-/m0/s1. The number of ether oxygens (including phenoxy) is 2. The van der Waals surface area contributed by atoms with Gasteiger partial charge in [0.2, 0.25) is 11.8 Å². The zero-order chi connectivity index (χ0) is 31.4. The molecule has 0 radical (unpaired) electrons. The van der Waals surface area contributed by atoms with Gasteiger partial charge in [0.15, 0.2) is 0 Å². The van der Waals surface area contributed by atoms with E-state index in [1.165, 1.54) is 11.1 Å². The van der Waals surface area contributed by atoms with Gasteiger partial charge in [0.25, 0.3) is 0 Å². The zero-order valence-corrected chi connectivity index (χ0v) is 26.7. The van der Waals surface area contributed by atoms with Crippen LogP contribution in [0.25, 0.3) is 0 Å². The Kier molecular flexibility index (Phi) is 9.57. The highest BCUT2D eigenvalue weighted by Crippen LogP contribution is 2.43. The lowest BCUT2D eigenvalue weighted by atomic mass is 9.77. The van der Waals surface area contributed by atoms with Crippen LogP contribution in [0, 0.1) is 5.41 Å². The number of hydrogen-bond acceptors (Lipinski definition) is 5. The average Bonchev–Trinajstić information content (AvgIpc) is 3.26. The van der Waals surface area contributed by atoms with Gasteiger partial charge in [-0.3, -0.25) is 9.59 Å². The predicted octanol–water partition coefficient (Wildman–Crippen LogP) is 5.55. The van der Waals surface area contributed by atoms with Crippen LogP contribution in [0.2, 0.25) is 0 Å². The van der Waals surface area contributed by atoms with Gasteiger partial charge in [0.1, 0.15) is 23.4 Å². The summed E-state index contributed by atoms with van der Waals surface area (Å²) in [7, 11) is 0. The molecule has 0 saturated carbocycles. The van der Waals surface area contributed by atoms with Gasteiger partial charge in [0, 0.05) is 30.5 Å². The Morgan fingerprint density at radius 3 is 2.28 bits per heavy atom. The second-order valence-electron chi connectivity index (χ2n) is 14.1. The molecule has 0 aromatic heterocycles. The summed E-state index contributed by atoms with van der Waals surface area (Å²) in [4.78, 5) is 42.1. The number of alkyl carbamates (subject to hydrolysis) is 1. The number of carbonyl (C=O) groups excluding carboxylic acids is 3. The number of carbonyl (C=O) groups is 3. The molecule has 2 heterocycles. The highest BCUT2D eigenvalue weighted by Gasteiger charge is 2.40. The second kappa shape index (κ2) is 12.8. The van der Waals surface area contributed by atoms with Crippen LogP contribution < -0.4 is 15.4 Å². The molecule has 0 bridgehead atoms. The van der Waals surface area contributed by atoms with Crippen LogP contribution in [-0.2, 0) is 26.2 Å². The molecule has 232 valence electrons. The molecule has 0 spiro atoms. The number of nitrogens with zero attached hydrogens (tertiary/aromatic N) is 1. The quantitative estimate of drug-likeness (QED) is 0.394. The summed E-state index contributed by atoms with van der Waals surface area (Å²) in [5.41, 5.74) is 2.07. The number of amides is 3. The summed E-state index contributed by atoms with van der Waals surface area (Å²) < 4.78 is 11.4. The molecule has 0 saturated heterocycles. The third kappa shape index (κ3) is 8.39. The lowest BCUT2D eigenvalue weighted by Crippen LogP contribution is -2.59. The molecular weight excluding hydrogens is 542 g/mol. The average molecular weight is 590 g/mol. The van der Waals surface area contributed by atoms with Crippen LogP contribution in [-0.4, -0.2) is 60.2 Å². The van der Waals surface area contributed by atoms with Crippen LogP contribution in [0.3, 0.4) is 0 Å². The fourth-order valence-electron chi connectivity index (χ4n) is 5.71. The Balaban J connectivity index is 1.45. The van der Waals surface area contributed by atoms with Crippen molar-refractivity contribution in [3.05, 3.63) is 77.4 Å². The lowest BCUT2D eigenvalue weighted by molar-refractivity contribution is -0.139. The number of benzene rings is 2. The largest absolute Gasteiger partial charge is 0.492 e. The summed E-state index contributed by atoms with van der Waals surface area (Å²) >= 11 is 0. The molecule has 2 aliphatic heterocycles. The molecule has 2 aromatic rings. The minimum absolute atomic E-state index is 0.0918. The smallest absolute Gasteiger partial charge is 0.408 e. The summed E-state index contributed by atoms with van der Waals surface area (Å²) in [6.07, 6.45) is 3.38. The molecular formula is C35H47N3O5. The monoisotopic (exact) mass is 589 g/mol. The van der Waals surface area contributed by atoms with E-state index in [4.69, 9.17) is 9.47 Å². The molecule has 2 unspecified atom stereocenters. The maximum atomic E-state index is 13.9. The van der Waals surface area contributed by atoms with E-state index in [0.717, 1.165) is 24.2 Å². The van der Waals surface area contributed by atoms with Crippen LogP contribution in [0.15, 0.2) is 66.2 Å². The van der Waals surface area contributed by atoms with Gasteiger partial charge in [-0.1, -0.05) is 87.9 Å². The molecule has 8 nitrogen and oxygen atoms in total. The minimum atomic E-state index is -0.917. The van der Waals surface area contributed by atoms with Gasteiger partial charge in [0.05, 0.1) is 6.61 Å². The van der Waals surface area contributed by atoms with E-state index in [1.54, 1.807) is 20.8 Å². The number of rotatable bonds is 8. The Labute approximate surface area is 256 Å².